The Labute approximate surface area is 206 Å². The highest BCUT2D eigenvalue weighted by Crippen LogP contribution is 2.26. The lowest BCUT2D eigenvalue weighted by Gasteiger charge is -2.26. The second-order valence-corrected chi connectivity index (χ2v) is 8.06. The maximum atomic E-state index is 14.0. The number of nitrogens with one attached hydrogen (secondary N) is 1. The Hall–Kier alpha value is -4.22. The molecular weight excluding hydrogens is 504 g/mol. The lowest BCUT2D eigenvalue weighted by Crippen LogP contribution is -2.50. The Bertz CT molecular complexity index is 1410. The number of fused-ring (bicyclic) bond motifs is 1. The lowest BCUT2D eigenvalue weighted by atomic mass is 10.2. The molecule has 1 heterocycles. The van der Waals surface area contributed by atoms with Crippen LogP contribution in [0, 0.1) is 17.5 Å². The number of carbonyl (C=O) groups excluding carboxylic acids is 1. The van der Waals surface area contributed by atoms with E-state index in [9.17, 15) is 31.1 Å². The lowest BCUT2D eigenvalue weighted by molar-refractivity contribution is -0.175. The number of benzene rings is 3. The van der Waals surface area contributed by atoms with E-state index in [4.69, 9.17) is 9.47 Å². The zero-order valence-corrected chi connectivity index (χ0v) is 19.1. The van der Waals surface area contributed by atoms with Crippen molar-refractivity contribution in [2.24, 2.45) is 0 Å². The second kappa shape index (κ2) is 10.4. The maximum Gasteiger partial charge on any atom is 0.471 e. The molecule has 0 radical (unpaired) electrons. The molecule has 0 spiro atoms. The van der Waals surface area contributed by atoms with Crippen LogP contribution >= 0.6 is 0 Å². The summed E-state index contributed by atoms with van der Waals surface area (Å²) < 4.78 is 91.5. The molecule has 0 saturated carbocycles. The molecule has 0 bridgehead atoms. The van der Waals surface area contributed by atoms with Crippen LogP contribution < -0.4 is 14.8 Å². The van der Waals surface area contributed by atoms with Crippen molar-refractivity contribution in [3.05, 3.63) is 84.3 Å². The fourth-order valence-electron chi connectivity index (χ4n) is 3.47. The Morgan fingerprint density at radius 1 is 1.00 bits per heavy atom. The number of ether oxygens (including phenoxy) is 2. The highest BCUT2D eigenvalue weighted by molar-refractivity contribution is 5.82. The molecule has 0 aliphatic heterocycles. The van der Waals surface area contributed by atoms with Crippen LogP contribution in [0.25, 0.3) is 16.6 Å². The number of alkyl halides is 3. The van der Waals surface area contributed by atoms with Crippen molar-refractivity contribution in [3.63, 3.8) is 0 Å². The first kappa shape index (κ1) is 25.9. The topological polar surface area (TPSA) is 65.4 Å². The minimum Gasteiger partial charge on any atom is -0.487 e. The van der Waals surface area contributed by atoms with Crippen molar-refractivity contribution in [3.8, 4) is 17.2 Å². The second-order valence-electron chi connectivity index (χ2n) is 8.06. The van der Waals surface area contributed by atoms with E-state index in [1.165, 1.54) is 31.3 Å². The third kappa shape index (κ3) is 6.13. The number of hydrogen-bond acceptors (Lipinski definition) is 4. The van der Waals surface area contributed by atoms with Gasteiger partial charge in [0.05, 0.1) is 23.4 Å². The smallest absolute Gasteiger partial charge is 0.471 e. The molecule has 0 aliphatic rings. The molecular formula is C25H19F6N3O3. The van der Waals surface area contributed by atoms with Crippen molar-refractivity contribution in [1.82, 2.24) is 15.1 Å². The van der Waals surface area contributed by atoms with Gasteiger partial charge in [-0.15, -0.1) is 0 Å². The van der Waals surface area contributed by atoms with Crippen LogP contribution in [-0.4, -0.2) is 40.6 Å². The van der Waals surface area contributed by atoms with Gasteiger partial charge in [-0.3, -0.25) is 4.79 Å². The molecule has 12 heteroatoms. The predicted molar refractivity (Wildman–Crippen MR) is 121 cm³/mol. The number of rotatable bonds is 8. The van der Waals surface area contributed by atoms with Crippen LogP contribution in [0.15, 0.2) is 66.9 Å². The standard InChI is InChI=1S/C25H19F6N3O3/c1-14(33-24(35)25(29,30)31)23(13-36-22-9-4-17(27)11-20(22)28)37-19-7-8-21-15(10-19)12-32-34(21)18-5-2-16(26)3-6-18/h2-12,14,23H,13H2,1H3,(H,33,35). The SMILES string of the molecule is CC(NC(=O)C(F)(F)F)C(COc1ccc(F)cc1F)Oc1ccc2c(cnn2-c2ccc(F)cc2)c1. The maximum absolute atomic E-state index is 14.0. The molecule has 37 heavy (non-hydrogen) atoms. The van der Waals surface area contributed by atoms with E-state index in [-0.39, 0.29) is 11.5 Å². The van der Waals surface area contributed by atoms with Crippen LogP contribution in [-0.2, 0) is 4.79 Å². The summed E-state index contributed by atoms with van der Waals surface area (Å²) in [6.45, 7) is 0.790. The Morgan fingerprint density at radius 2 is 1.70 bits per heavy atom. The van der Waals surface area contributed by atoms with Gasteiger partial charge < -0.3 is 14.8 Å². The molecule has 1 amide bonds. The van der Waals surface area contributed by atoms with Crippen LogP contribution in [0.3, 0.4) is 0 Å². The van der Waals surface area contributed by atoms with E-state index >= 15 is 0 Å². The predicted octanol–water partition coefficient (Wildman–Crippen LogP) is 5.34. The first-order valence-electron chi connectivity index (χ1n) is 10.9. The molecule has 2 unspecified atom stereocenters. The molecule has 1 aromatic heterocycles. The summed E-state index contributed by atoms with van der Waals surface area (Å²) in [6, 6.07) is 11.7. The summed E-state index contributed by atoms with van der Waals surface area (Å²) in [4.78, 5) is 11.5. The van der Waals surface area contributed by atoms with Crippen LogP contribution in [0.4, 0.5) is 26.3 Å². The molecule has 4 aromatic rings. The van der Waals surface area contributed by atoms with Gasteiger partial charge in [0.2, 0.25) is 0 Å². The van der Waals surface area contributed by atoms with Gasteiger partial charge in [-0.2, -0.15) is 18.3 Å². The largest absolute Gasteiger partial charge is 0.487 e. The Kier molecular flexibility index (Phi) is 7.28. The molecule has 2 atom stereocenters. The first-order valence-corrected chi connectivity index (χ1v) is 10.9. The van der Waals surface area contributed by atoms with Crippen LogP contribution in [0.2, 0.25) is 0 Å². The highest BCUT2D eigenvalue weighted by Gasteiger charge is 2.40. The number of hydrogen-bond donors (Lipinski definition) is 1. The number of amides is 1. The first-order chi connectivity index (χ1) is 17.5. The van der Waals surface area contributed by atoms with Crippen molar-refractivity contribution >= 4 is 16.8 Å². The summed E-state index contributed by atoms with van der Waals surface area (Å²) in [5.41, 5.74) is 1.24. The number of carbonyl (C=O) groups is 1. The van der Waals surface area contributed by atoms with Gasteiger partial charge in [0, 0.05) is 11.5 Å². The summed E-state index contributed by atoms with van der Waals surface area (Å²) in [7, 11) is 0. The summed E-state index contributed by atoms with van der Waals surface area (Å²) >= 11 is 0. The molecule has 194 valence electrons. The fraction of sp³-hybridized carbons (Fsp3) is 0.200. The van der Waals surface area contributed by atoms with Gasteiger partial charge in [0.1, 0.15) is 24.0 Å². The fourth-order valence-corrected chi connectivity index (χ4v) is 3.47. The number of halogens is 6. The average Bonchev–Trinajstić information content (AvgIpc) is 3.25. The van der Waals surface area contributed by atoms with Gasteiger partial charge in [-0.1, -0.05) is 0 Å². The minimum atomic E-state index is -5.13. The Balaban J connectivity index is 1.57. The molecule has 0 fully saturated rings. The van der Waals surface area contributed by atoms with E-state index in [0.717, 1.165) is 12.1 Å². The zero-order valence-electron chi connectivity index (χ0n) is 19.1. The van der Waals surface area contributed by atoms with E-state index < -0.39 is 48.3 Å². The Morgan fingerprint density at radius 3 is 2.38 bits per heavy atom. The summed E-state index contributed by atoms with van der Waals surface area (Å²) in [5, 5.41) is 6.66. The quantitative estimate of drug-likeness (QED) is 0.317. The highest BCUT2D eigenvalue weighted by atomic mass is 19.4. The van der Waals surface area contributed by atoms with Crippen LogP contribution in [0.1, 0.15) is 6.92 Å². The van der Waals surface area contributed by atoms with E-state index in [1.54, 1.807) is 34.3 Å². The monoisotopic (exact) mass is 523 g/mol. The van der Waals surface area contributed by atoms with Gasteiger partial charge in [-0.25, -0.2) is 17.9 Å². The zero-order chi connectivity index (χ0) is 26.7. The van der Waals surface area contributed by atoms with Gasteiger partial charge in [-0.05, 0) is 61.5 Å². The molecule has 4 rings (SSSR count). The van der Waals surface area contributed by atoms with Gasteiger partial charge in [0.25, 0.3) is 0 Å². The van der Waals surface area contributed by atoms with E-state index in [1.807, 2.05) is 0 Å². The average molecular weight is 523 g/mol. The summed E-state index contributed by atoms with van der Waals surface area (Å²) in [6.07, 6.45) is -4.82. The molecule has 3 aromatic carbocycles. The molecule has 6 nitrogen and oxygen atoms in total. The molecule has 1 N–H and O–H groups in total. The van der Waals surface area contributed by atoms with Crippen molar-refractivity contribution in [2.45, 2.75) is 25.2 Å². The van der Waals surface area contributed by atoms with Gasteiger partial charge >= 0.3 is 12.1 Å². The third-order valence-corrected chi connectivity index (χ3v) is 5.37. The van der Waals surface area contributed by atoms with Crippen LogP contribution in [0.5, 0.6) is 11.5 Å². The van der Waals surface area contributed by atoms with Crippen molar-refractivity contribution in [2.75, 3.05) is 6.61 Å². The summed E-state index contributed by atoms with van der Waals surface area (Å²) in [5.74, 6) is -4.58. The van der Waals surface area contributed by atoms with Crippen molar-refractivity contribution in [1.29, 1.82) is 0 Å². The van der Waals surface area contributed by atoms with E-state index in [0.29, 0.717) is 22.7 Å². The number of aromatic nitrogens is 2. The van der Waals surface area contributed by atoms with Crippen molar-refractivity contribution < 1.29 is 40.6 Å². The van der Waals surface area contributed by atoms with Gasteiger partial charge in [0.15, 0.2) is 17.7 Å². The third-order valence-electron chi connectivity index (χ3n) is 5.37. The molecule has 0 aliphatic carbocycles. The van der Waals surface area contributed by atoms with E-state index in [2.05, 4.69) is 5.10 Å². The molecule has 0 saturated heterocycles. The number of nitrogens with zero attached hydrogens (tertiary/aromatic N) is 2. The minimum absolute atomic E-state index is 0.201. The normalized spacial score (nSPS) is 13.3.